The van der Waals surface area contributed by atoms with Gasteiger partial charge in [-0.15, -0.1) is 0 Å². The van der Waals surface area contributed by atoms with Gasteiger partial charge >= 0.3 is 6.09 Å². The van der Waals surface area contributed by atoms with Gasteiger partial charge in [0, 0.05) is 7.11 Å². The molecule has 0 aliphatic heterocycles. The van der Waals surface area contributed by atoms with E-state index in [9.17, 15) is 4.79 Å². The molecule has 132 valence electrons. The first-order valence-electron chi connectivity index (χ1n) is 8.90. The molecule has 0 aromatic heterocycles. The van der Waals surface area contributed by atoms with Crippen molar-refractivity contribution in [3.63, 3.8) is 0 Å². The fourth-order valence-electron chi connectivity index (χ4n) is 3.16. The zero-order valence-electron chi connectivity index (χ0n) is 14.6. The Kier molecular flexibility index (Phi) is 8.39. The number of alkyl carbamates (subject to hydrolysis) is 1. The minimum atomic E-state index is -0.388. The zero-order chi connectivity index (χ0) is 17.0. The monoisotopic (exact) mass is 331 g/mol. The molecule has 1 amide bonds. The Morgan fingerprint density at radius 1 is 1.25 bits per heavy atom. The summed E-state index contributed by atoms with van der Waals surface area (Å²) in [6.45, 7) is 0.787. The first kappa shape index (κ1) is 18.5. The highest BCUT2D eigenvalue weighted by atomic mass is 16.5. The molecule has 1 saturated carbocycles. The van der Waals surface area contributed by atoms with Crippen LogP contribution in [-0.4, -0.2) is 32.5 Å². The molecule has 1 aliphatic carbocycles. The molecule has 1 N–H and O–H groups in total. The lowest BCUT2D eigenvalue weighted by Crippen LogP contribution is -2.40. The van der Waals surface area contributed by atoms with Crippen LogP contribution in [0.25, 0.3) is 0 Å². The molecular formula is C20H29NO3. The van der Waals surface area contributed by atoms with Crippen LogP contribution in [0, 0.1) is 5.92 Å². The van der Waals surface area contributed by atoms with Gasteiger partial charge in [0.1, 0.15) is 6.61 Å². The van der Waals surface area contributed by atoms with Gasteiger partial charge in [0.25, 0.3) is 0 Å². The molecule has 24 heavy (non-hydrogen) atoms. The number of hydrogen-bond acceptors (Lipinski definition) is 3. The molecule has 2 rings (SSSR count). The average Bonchev–Trinajstić information content (AvgIpc) is 2.61. The molecule has 1 fully saturated rings. The molecule has 0 spiro atoms. The topological polar surface area (TPSA) is 47.6 Å². The van der Waals surface area contributed by atoms with Crippen molar-refractivity contribution in [3.05, 3.63) is 48.0 Å². The second kappa shape index (κ2) is 10.9. The van der Waals surface area contributed by atoms with Gasteiger partial charge in [-0.2, -0.15) is 0 Å². The number of ether oxygens (including phenoxy) is 2. The fourth-order valence-corrected chi connectivity index (χ4v) is 3.16. The normalized spacial score (nSPS) is 16.9. The molecule has 0 bridgehead atoms. The Labute approximate surface area is 145 Å². The minimum Gasteiger partial charge on any atom is -0.445 e. The van der Waals surface area contributed by atoms with E-state index in [4.69, 9.17) is 9.47 Å². The highest BCUT2D eigenvalue weighted by molar-refractivity contribution is 5.67. The molecule has 1 aromatic rings. The molecular weight excluding hydrogens is 302 g/mol. The summed E-state index contributed by atoms with van der Waals surface area (Å²) in [4.78, 5) is 11.9. The largest absolute Gasteiger partial charge is 0.445 e. The third kappa shape index (κ3) is 7.18. The number of benzene rings is 1. The third-order valence-corrected chi connectivity index (χ3v) is 4.38. The smallest absolute Gasteiger partial charge is 0.407 e. The lowest BCUT2D eigenvalue weighted by atomic mass is 9.89. The van der Waals surface area contributed by atoms with Gasteiger partial charge in [-0.25, -0.2) is 4.79 Å². The maximum atomic E-state index is 11.9. The Hall–Kier alpha value is -1.81. The van der Waals surface area contributed by atoms with Gasteiger partial charge < -0.3 is 14.8 Å². The SMILES string of the molecule is COC[C@H](Cc1ccccc1)NC(=O)OC/C=C/C1CCCCC1. The quantitative estimate of drug-likeness (QED) is 0.729. The summed E-state index contributed by atoms with van der Waals surface area (Å²) >= 11 is 0. The minimum absolute atomic E-state index is 0.0905. The summed E-state index contributed by atoms with van der Waals surface area (Å²) in [6.07, 6.45) is 11.0. The molecule has 4 nitrogen and oxygen atoms in total. The van der Waals surface area contributed by atoms with Crippen LogP contribution in [0.1, 0.15) is 37.7 Å². The fraction of sp³-hybridized carbons (Fsp3) is 0.550. The van der Waals surface area contributed by atoms with Crippen LogP contribution in [0.4, 0.5) is 4.79 Å². The predicted octanol–water partition coefficient (Wildman–Crippen LogP) is 4.11. The molecule has 0 unspecified atom stereocenters. The second-order valence-electron chi connectivity index (χ2n) is 6.41. The summed E-state index contributed by atoms with van der Waals surface area (Å²) in [5.74, 6) is 0.657. The Morgan fingerprint density at radius 2 is 2.00 bits per heavy atom. The summed E-state index contributed by atoms with van der Waals surface area (Å²) in [7, 11) is 1.64. The predicted molar refractivity (Wildman–Crippen MR) is 96.0 cm³/mol. The number of rotatable bonds is 8. The molecule has 0 heterocycles. The highest BCUT2D eigenvalue weighted by Crippen LogP contribution is 2.24. The number of amides is 1. The molecule has 0 radical (unpaired) electrons. The van der Waals surface area contributed by atoms with Crippen LogP contribution in [0.5, 0.6) is 0 Å². The maximum absolute atomic E-state index is 11.9. The van der Waals surface area contributed by atoms with Crippen LogP contribution in [0.3, 0.4) is 0 Å². The molecule has 4 heteroatoms. The van der Waals surface area contributed by atoms with E-state index in [-0.39, 0.29) is 12.1 Å². The third-order valence-electron chi connectivity index (χ3n) is 4.38. The standard InChI is InChI=1S/C20H29NO3/c1-23-16-19(15-18-11-6-3-7-12-18)21-20(22)24-14-8-13-17-9-4-2-5-10-17/h3,6-8,11-13,17,19H,2,4-5,9-10,14-16H2,1H3,(H,21,22)/b13-8+/t19-/m0/s1. The Balaban J connectivity index is 1.70. The van der Waals surface area contributed by atoms with Gasteiger partial charge in [0.15, 0.2) is 0 Å². The highest BCUT2D eigenvalue weighted by Gasteiger charge is 2.14. The molecule has 1 atom stereocenters. The van der Waals surface area contributed by atoms with Crippen molar-refractivity contribution in [1.29, 1.82) is 0 Å². The van der Waals surface area contributed by atoms with Crippen LogP contribution in [-0.2, 0) is 15.9 Å². The van der Waals surface area contributed by atoms with Crippen molar-refractivity contribution in [2.24, 2.45) is 5.92 Å². The second-order valence-corrected chi connectivity index (χ2v) is 6.41. The Morgan fingerprint density at radius 3 is 2.71 bits per heavy atom. The number of carbonyl (C=O) groups excluding carboxylic acids is 1. The molecule has 1 aliphatic rings. The van der Waals surface area contributed by atoms with Crippen LogP contribution < -0.4 is 5.32 Å². The van der Waals surface area contributed by atoms with E-state index >= 15 is 0 Å². The van der Waals surface area contributed by atoms with Gasteiger partial charge in [0.05, 0.1) is 12.6 Å². The number of nitrogens with one attached hydrogen (secondary N) is 1. The number of allylic oxidation sites excluding steroid dienone is 1. The first-order valence-corrected chi connectivity index (χ1v) is 8.90. The van der Waals surface area contributed by atoms with Crippen molar-refractivity contribution < 1.29 is 14.3 Å². The first-order chi connectivity index (χ1) is 11.8. The molecule has 0 saturated heterocycles. The number of methoxy groups -OCH3 is 1. The lowest BCUT2D eigenvalue weighted by molar-refractivity contribution is 0.133. The van der Waals surface area contributed by atoms with Crippen LogP contribution in [0.2, 0.25) is 0 Å². The van der Waals surface area contributed by atoms with Crippen LogP contribution in [0.15, 0.2) is 42.5 Å². The lowest BCUT2D eigenvalue weighted by Gasteiger charge is -2.18. The van der Waals surface area contributed by atoms with E-state index in [2.05, 4.69) is 11.4 Å². The van der Waals surface area contributed by atoms with E-state index in [0.717, 1.165) is 12.0 Å². The Bertz CT molecular complexity index is 495. The van der Waals surface area contributed by atoms with E-state index in [1.54, 1.807) is 7.11 Å². The van der Waals surface area contributed by atoms with Gasteiger partial charge in [-0.05, 0) is 30.7 Å². The summed E-state index contributed by atoms with van der Waals surface area (Å²) in [5.41, 5.74) is 1.16. The van der Waals surface area contributed by atoms with Crippen molar-refractivity contribution >= 4 is 6.09 Å². The average molecular weight is 331 g/mol. The van der Waals surface area contributed by atoms with Crippen molar-refractivity contribution in [2.75, 3.05) is 20.3 Å². The van der Waals surface area contributed by atoms with E-state index in [1.807, 2.05) is 36.4 Å². The van der Waals surface area contributed by atoms with Crippen LogP contribution >= 0.6 is 0 Å². The van der Waals surface area contributed by atoms with Gasteiger partial charge in [-0.3, -0.25) is 0 Å². The van der Waals surface area contributed by atoms with E-state index < -0.39 is 0 Å². The summed E-state index contributed by atoms with van der Waals surface area (Å²) < 4.78 is 10.5. The van der Waals surface area contributed by atoms with E-state index in [1.165, 1.54) is 32.1 Å². The number of hydrogen-bond donors (Lipinski definition) is 1. The van der Waals surface area contributed by atoms with Gasteiger partial charge in [-0.1, -0.05) is 61.7 Å². The molecule has 1 aromatic carbocycles. The van der Waals surface area contributed by atoms with E-state index in [0.29, 0.717) is 19.1 Å². The van der Waals surface area contributed by atoms with Crippen molar-refractivity contribution in [1.82, 2.24) is 5.32 Å². The van der Waals surface area contributed by atoms with Crippen molar-refractivity contribution in [2.45, 2.75) is 44.6 Å². The number of carbonyl (C=O) groups is 1. The van der Waals surface area contributed by atoms with Crippen molar-refractivity contribution in [3.8, 4) is 0 Å². The van der Waals surface area contributed by atoms with Gasteiger partial charge in [0.2, 0.25) is 0 Å². The maximum Gasteiger partial charge on any atom is 0.407 e. The summed E-state index contributed by atoms with van der Waals surface area (Å²) in [6, 6.07) is 9.97. The zero-order valence-corrected chi connectivity index (χ0v) is 14.6. The summed E-state index contributed by atoms with van der Waals surface area (Å²) in [5, 5.41) is 2.88.